The van der Waals surface area contributed by atoms with Crippen molar-refractivity contribution >= 4 is 11.8 Å². The molecule has 0 heterocycles. The lowest BCUT2D eigenvalue weighted by molar-refractivity contribution is -0.143. The number of methoxy groups -OCH3 is 1. The summed E-state index contributed by atoms with van der Waals surface area (Å²) in [4.78, 5) is 21.8. The molecule has 0 N–H and O–H groups in total. The maximum Gasteiger partial charge on any atom is 0.313 e. The Labute approximate surface area is 85.1 Å². The van der Waals surface area contributed by atoms with Crippen LogP contribution in [0.2, 0.25) is 0 Å². The smallest absolute Gasteiger partial charge is 0.313 e. The molecule has 0 unspecified atom stereocenters. The number of ether oxygens (including phenoxy) is 1. The van der Waals surface area contributed by atoms with Crippen LogP contribution in [0.15, 0.2) is 12.2 Å². The predicted octanol–water partition coefficient (Wildman–Crippen LogP) is 2.26. The second-order valence-electron chi connectivity index (χ2n) is 3.11. The standard InChI is InChI=1S/C11H18O3/c1-3-4-5-6-7-8-10(12)9-11(13)14-2/h6-7H,3-5,8-9H2,1-2H3/b7-6+. The number of esters is 1. The van der Waals surface area contributed by atoms with E-state index >= 15 is 0 Å². The van der Waals surface area contributed by atoms with E-state index in [-0.39, 0.29) is 12.2 Å². The zero-order valence-electron chi connectivity index (χ0n) is 8.91. The summed E-state index contributed by atoms with van der Waals surface area (Å²) < 4.78 is 4.38. The van der Waals surface area contributed by atoms with E-state index in [2.05, 4.69) is 11.7 Å². The van der Waals surface area contributed by atoms with E-state index in [9.17, 15) is 9.59 Å². The van der Waals surface area contributed by atoms with Crippen molar-refractivity contribution in [1.82, 2.24) is 0 Å². The highest BCUT2D eigenvalue weighted by molar-refractivity contribution is 5.96. The molecule has 0 amide bonds. The van der Waals surface area contributed by atoms with Gasteiger partial charge in [-0.1, -0.05) is 31.9 Å². The van der Waals surface area contributed by atoms with E-state index in [4.69, 9.17) is 0 Å². The first kappa shape index (κ1) is 12.9. The summed E-state index contributed by atoms with van der Waals surface area (Å²) in [5.74, 6) is -0.554. The van der Waals surface area contributed by atoms with Crippen molar-refractivity contribution in [1.29, 1.82) is 0 Å². The van der Waals surface area contributed by atoms with Gasteiger partial charge < -0.3 is 4.74 Å². The molecule has 14 heavy (non-hydrogen) atoms. The number of unbranched alkanes of at least 4 members (excludes halogenated alkanes) is 2. The number of allylic oxidation sites excluding steroid dienone is 2. The third-order valence-electron chi connectivity index (χ3n) is 1.81. The molecule has 80 valence electrons. The number of rotatable bonds is 7. The van der Waals surface area contributed by atoms with Gasteiger partial charge in [0.2, 0.25) is 0 Å². The molecule has 0 bridgehead atoms. The van der Waals surface area contributed by atoms with Gasteiger partial charge in [-0.15, -0.1) is 0 Å². The van der Waals surface area contributed by atoms with Gasteiger partial charge in [-0.3, -0.25) is 9.59 Å². The van der Waals surface area contributed by atoms with Crippen LogP contribution in [0.5, 0.6) is 0 Å². The summed E-state index contributed by atoms with van der Waals surface area (Å²) in [6.45, 7) is 2.12. The molecule has 0 saturated heterocycles. The van der Waals surface area contributed by atoms with Crippen LogP contribution in [0.25, 0.3) is 0 Å². The van der Waals surface area contributed by atoms with Gasteiger partial charge in [0.1, 0.15) is 12.2 Å². The molecule has 3 heteroatoms. The van der Waals surface area contributed by atoms with Gasteiger partial charge >= 0.3 is 5.97 Å². The van der Waals surface area contributed by atoms with Gasteiger partial charge in [0, 0.05) is 6.42 Å². The molecular weight excluding hydrogens is 180 g/mol. The van der Waals surface area contributed by atoms with Crippen molar-refractivity contribution in [3.63, 3.8) is 0 Å². The zero-order chi connectivity index (χ0) is 10.8. The van der Waals surface area contributed by atoms with Crippen LogP contribution in [0, 0.1) is 0 Å². The molecule has 0 aliphatic rings. The van der Waals surface area contributed by atoms with Gasteiger partial charge in [0.05, 0.1) is 7.11 Å². The minimum absolute atomic E-state index is 0.0930. The van der Waals surface area contributed by atoms with Crippen molar-refractivity contribution in [3.8, 4) is 0 Å². The normalized spacial score (nSPS) is 10.4. The summed E-state index contributed by atoms with van der Waals surface area (Å²) >= 11 is 0. The Balaban J connectivity index is 3.53. The molecule has 0 aliphatic carbocycles. The second kappa shape index (κ2) is 8.48. The van der Waals surface area contributed by atoms with Crippen molar-refractivity contribution in [2.75, 3.05) is 7.11 Å². The maximum absolute atomic E-state index is 11.1. The van der Waals surface area contributed by atoms with Gasteiger partial charge in [0.15, 0.2) is 0 Å². The van der Waals surface area contributed by atoms with E-state index in [1.54, 1.807) is 0 Å². The fourth-order valence-electron chi connectivity index (χ4n) is 0.960. The van der Waals surface area contributed by atoms with Gasteiger partial charge in [-0.05, 0) is 6.42 Å². The molecule has 0 saturated carbocycles. The van der Waals surface area contributed by atoms with Crippen LogP contribution < -0.4 is 0 Å². The van der Waals surface area contributed by atoms with E-state index in [0.717, 1.165) is 19.3 Å². The lowest BCUT2D eigenvalue weighted by Gasteiger charge is -1.95. The summed E-state index contributed by atoms with van der Waals surface area (Å²) in [5.41, 5.74) is 0. The number of hydrogen-bond donors (Lipinski definition) is 0. The SMILES string of the molecule is CCCC/C=C/CC(=O)CC(=O)OC. The maximum atomic E-state index is 11.1. The van der Waals surface area contributed by atoms with Crippen molar-refractivity contribution in [3.05, 3.63) is 12.2 Å². The average Bonchev–Trinajstić information content (AvgIpc) is 2.17. The summed E-state index contributed by atoms with van der Waals surface area (Å²) in [6, 6.07) is 0. The van der Waals surface area contributed by atoms with E-state index in [1.165, 1.54) is 7.11 Å². The van der Waals surface area contributed by atoms with E-state index < -0.39 is 5.97 Å². The minimum Gasteiger partial charge on any atom is -0.469 e. The Morgan fingerprint density at radius 2 is 2.00 bits per heavy atom. The van der Waals surface area contributed by atoms with E-state index in [0.29, 0.717) is 6.42 Å². The van der Waals surface area contributed by atoms with Crippen molar-refractivity contribution in [2.45, 2.75) is 39.0 Å². The zero-order valence-corrected chi connectivity index (χ0v) is 8.91. The number of hydrogen-bond acceptors (Lipinski definition) is 3. The van der Waals surface area contributed by atoms with Crippen molar-refractivity contribution < 1.29 is 14.3 Å². The fourth-order valence-corrected chi connectivity index (χ4v) is 0.960. The minimum atomic E-state index is -0.461. The first-order valence-electron chi connectivity index (χ1n) is 4.94. The molecule has 3 nitrogen and oxygen atoms in total. The molecule has 0 spiro atoms. The summed E-state index contributed by atoms with van der Waals surface area (Å²) in [5, 5.41) is 0. The summed E-state index contributed by atoms with van der Waals surface area (Å²) in [7, 11) is 1.28. The topological polar surface area (TPSA) is 43.4 Å². The quantitative estimate of drug-likeness (QED) is 0.273. The number of ketones is 1. The molecule has 0 rings (SSSR count). The fraction of sp³-hybridized carbons (Fsp3) is 0.636. The Kier molecular flexibility index (Phi) is 7.80. The highest BCUT2D eigenvalue weighted by atomic mass is 16.5. The first-order chi connectivity index (χ1) is 6.70. The largest absolute Gasteiger partial charge is 0.469 e. The van der Waals surface area contributed by atoms with Crippen LogP contribution in [-0.2, 0) is 14.3 Å². The van der Waals surface area contributed by atoms with Gasteiger partial charge in [-0.25, -0.2) is 0 Å². The molecule has 0 aliphatic heterocycles. The highest BCUT2D eigenvalue weighted by Crippen LogP contribution is 1.98. The Morgan fingerprint density at radius 1 is 1.29 bits per heavy atom. The number of carbonyl (C=O) groups is 2. The molecule has 0 aromatic rings. The van der Waals surface area contributed by atoms with Crippen LogP contribution >= 0.6 is 0 Å². The molecule has 0 aromatic carbocycles. The van der Waals surface area contributed by atoms with E-state index in [1.807, 2.05) is 12.2 Å². The van der Waals surface area contributed by atoms with Crippen LogP contribution in [0.3, 0.4) is 0 Å². The molecule has 0 atom stereocenters. The van der Waals surface area contributed by atoms with Crippen LogP contribution in [-0.4, -0.2) is 18.9 Å². The van der Waals surface area contributed by atoms with Gasteiger partial charge in [-0.2, -0.15) is 0 Å². The summed E-state index contributed by atoms with van der Waals surface area (Å²) in [6.07, 6.45) is 7.32. The molecular formula is C11H18O3. The molecule has 0 fully saturated rings. The Morgan fingerprint density at radius 3 is 2.57 bits per heavy atom. The Bertz CT molecular complexity index is 207. The molecule has 0 radical (unpaired) electrons. The monoisotopic (exact) mass is 198 g/mol. The lowest BCUT2D eigenvalue weighted by Crippen LogP contribution is -2.07. The number of Topliss-reactive ketones (excluding diaryl/α,β-unsaturated/α-hetero) is 1. The average molecular weight is 198 g/mol. The van der Waals surface area contributed by atoms with Crippen molar-refractivity contribution in [2.24, 2.45) is 0 Å². The van der Waals surface area contributed by atoms with Crippen LogP contribution in [0.1, 0.15) is 39.0 Å². The third kappa shape index (κ3) is 7.53. The molecule has 0 aromatic heterocycles. The van der Waals surface area contributed by atoms with Crippen LogP contribution in [0.4, 0.5) is 0 Å². The lowest BCUT2D eigenvalue weighted by atomic mass is 10.2. The third-order valence-corrected chi connectivity index (χ3v) is 1.81. The highest BCUT2D eigenvalue weighted by Gasteiger charge is 2.06. The van der Waals surface area contributed by atoms with Gasteiger partial charge in [0.25, 0.3) is 0 Å². The number of carbonyl (C=O) groups excluding carboxylic acids is 2. The predicted molar refractivity (Wildman–Crippen MR) is 54.9 cm³/mol. The first-order valence-corrected chi connectivity index (χ1v) is 4.94. The second-order valence-corrected chi connectivity index (χ2v) is 3.11. The Hall–Kier alpha value is -1.12.